The van der Waals surface area contributed by atoms with Gasteiger partial charge in [-0.1, -0.05) is 41.5 Å². The van der Waals surface area contributed by atoms with Gasteiger partial charge in [-0.25, -0.2) is 0 Å². The van der Waals surface area contributed by atoms with E-state index in [1.54, 1.807) is 0 Å². The minimum atomic E-state index is -0.491. The van der Waals surface area contributed by atoms with Crippen LogP contribution < -0.4 is 0 Å². The van der Waals surface area contributed by atoms with Gasteiger partial charge >= 0.3 is 5.69 Å². The van der Waals surface area contributed by atoms with Crippen LogP contribution in [-0.2, 0) is 10.8 Å². The summed E-state index contributed by atoms with van der Waals surface area (Å²) in [6, 6.07) is 1.53. The van der Waals surface area contributed by atoms with Crippen LogP contribution in [0.4, 0.5) is 5.69 Å². The molecule has 0 aromatic heterocycles. The summed E-state index contributed by atoms with van der Waals surface area (Å²) in [5.41, 5.74) is 1.72. The number of nitro groups is 1. The Morgan fingerprint density at radius 3 is 1.89 bits per heavy atom. The van der Waals surface area contributed by atoms with Gasteiger partial charge in [0, 0.05) is 5.56 Å². The lowest BCUT2D eigenvalue weighted by molar-refractivity contribution is -0.387. The van der Waals surface area contributed by atoms with Gasteiger partial charge in [-0.05, 0) is 34.9 Å². The van der Waals surface area contributed by atoms with Gasteiger partial charge in [0.15, 0.2) is 5.75 Å². The Morgan fingerprint density at radius 1 is 1.11 bits per heavy atom. The lowest BCUT2D eigenvalue weighted by atomic mass is 9.75. The number of nitro benzene ring substituents is 1. The summed E-state index contributed by atoms with van der Waals surface area (Å²) in [6.45, 7) is 13.8. The second kappa shape index (κ2) is 4.51. The zero-order valence-corrected chi connectivity index (χ0v) is 12.8. The predicted octanol–water partition coefficient (Wildman–Crippen LogP) is 4.20. The monoisotopic (exact) mass is 265 g/mol. The molecule has 0 atom stereocenters. The van der Waals surface area contributed by atoms with E-state index in [1.165, 1.54) is 6.07 Å². The van der Waals surface area contributed by atoms with E-state index in [2.05, 4.69) is 0 Å². The summed E-state index contributed by atoms with van der Waals surface area (Å²) >= 11 is 0. The van der Waals surface area contributed by atoms with Crippen LogP contribution in [0.5, 0.6) is 5.75 Å². The molecule has 0 saturated carbocycles. The Balaban J connectivity index is 3.84. The normalized spacial score (nSPS) is 12.6. The van der Waals surface area contributed by atoms with E-state index in [1.807, 2.05) is 48.5 Å². The number of hydrogen-bond donors (Lipinski definition) is 1. The van der Waals surface area contributed by atoms with Crippen LogP contribution in [0.3, 0.4) is 0 Å². The lowest BCUT2D eigenvalue weighted by Gasteiger charge is -2.28. The molecule has 4 nitrogen and oxygen atoms in total. The molecule has 19 heavy (non-hydrogen) atoms. The molecular weight excluding hydrogens is 242 g/mol. The molecule has 0 aliphatic heterocycles. The van der Waals surface area contributed by atoms with Crippen molar-refractivity contribution in [3.05, 3.63) is 32.9 Å². The quantitative estimate of drug-likeness (QED) is 0.611. The van der Waals surface area contributed by atoms with Crippen LogP contribution in [-0.4, -0.2) is 10.0 Å². The second-order valence-corrected chi connectivity index (χ2v) is 7.05. The van der Waals surface area contributed by atoms with Gasteiger partial charge in [-0.3, -0.25) is 10.1 Å². The van der Waals surface area contributed by atoms with Gasteiger partial charge < -0.3 is 5.11 Å². The number of rotatable bonds is 1. The molecule has 0 aliphatic rings. The molecule has 1 aromatic rings. The van der Waals surface area contributed by atoms with E-state index in [-0.39, 0.29) is 16.9 Å². The fourth-order valence-electron chi connectivity index (χ4n) is 2.64. The maximum Gasteiger partial charge on any atom is 0.314 e. The van der Waals surface area contributed by atoms with Crippen LogP contribution in [0.25, 0.3) is 0 Å². The zero-order chi connectivity index (χ0) is 15.2. The topological polar surface area (TPSA) is 63.4 Å². The van der Waals surface area contributed by atoms with Gasteiger partial charge in [0.25, 0.3) is 0 Å². The molecule has 1 aromatic carbocycles. The number of aromatic hydroxyl groups is 1. The summed E-state index contributed by atoms with van der Waals surface area (Å²) in [6.07, 6.45) is 0. The molecule has 1 rings (SSSR count). The molecule has 1 N–H and O–H groups in total. The van der Waals surface area contributed by atoms with Crippen molar-refractivity contribution in [2.75, 3.05) is 0 Å². The van der Waals surface area contributed by atoms with Gasteiger partial charge in [-0.2, -0.15) is 0 Å². The van der Waals surface area contributed by atoms with Gasteiger partial charge in [0.05, 0.1) is 4.92 Å². The minimum Gasteiger partial charge on any atom is -0.502 e. The highest BCUT2D eigenvalue weighted by molar-refractivity contribution is 5.61. The molecule has 0 fully saturated rings. The largest absolute Gasteiger partial charge is 0.502 e. The Kier molecular flexibility index (Phi) is 3.67. The minimum absolute atomic E-state index is 0.169. The number of nitrogens with zero attached hydrogens (tertiary/aromatic N) is 1. The maximum atomic E-state index is 11.2. The average Bonchev–Trinajstić information content (AvgIpc) is 2.16. The Bertz CT molecular complexity index is 520. The van der Waals surface area contributed by atoms with Gasteiger partial charge in [0.1, 0.15) is 0 Å². The van der Waals surface area contributed by atoms with Crippen LogP contribution in [0.2, 0.25) is 0 Å². The third-order valence-corrected chi connectivity index (χ3v) is 3.28. The smallest absolute Gasteiger partial charge is 0.314 e. The van der Waals surface area contributed by atoms with E-state index in [9.17, 15) is 15.2 Å². The highest BCUT2D eigenvalue weighted by Gasteiger charge is 2.34. The summed E-state index contributed by atoms with van der Waals surface area (Å²) in [5.74, 6) is -0.245. The van der Waals surface area contributed by atoms with Crippen molar-refractivity contribution in [2.45, 2.75) is 59.3 Å². The Labute approximate surface area is 114 Å². The van der Waals surface area contributed by atoms with Crippen molar-refractivity contribution in [3.8, 4) is 5.75 Å². The standard InChI is InChI=1S/C15H23NO3/c1-9-10(14(2,3)4)8-11(17)13(16(18)19)12(9)15(5,6)7/h8,17H,1-7H3. The third-order valence-electron chi connectivity index (χ3n) is 3.28. The molecule has 0 aliphatic carbocycles. The molecule has 0 unspecified atom stereocenters. The van der Waals surface area contributed by atoms with E-state index in [0.29, 0.717) is 5.56 Å². The van der Waals surface area contributed by atoms with E-state index < -0.39 is 10.3 Å². The number of phenolic OH excluding ortho intramolecular Hbond substituents is 1. The van der Waals surface area contributed by atoms with E-state index >= 15 is 0 Å². The van der Waals surface area contributed by atoms with Crippen molar-refractivity contribution in [1.29, 1.82) is 0 Å². The highest BCUT2D eigenvalue weighted by Crippen LogP contribution is 2.44. The van der Waals surface area contributed by atoms with Crippen molar-refractivity contribution < 1.29 is 10.0 Å². The first-order valence-electron chi connectivity index (χ1n) is 6.39. The first kappa shape index (κ1) is 15.5. The molecule has 0 heterocycles. The van der Waals surface area contributed by atoms with Crippen molar-refractivity contribution in [2.24, 2.45) is 0 Å². The first-order valence-corrected chi connectivity index (χ1v) is 6.39. The average molecular weight is 265 g/mol. The van der Waals surface area contributed by atoms with Crippen molar-refractivity contribution >= 4 is 5.69 Å². The molecule has 4 heteroatoms. The number of phenols is 1. The third kappa shape index (κ3) is 2.88. The molecule has 106 valence electrons. The zero-order valence-electron chi connectivity index (χ0n) is 12.8. The van der Waals surface area contributed by atoms with E-state index in [0.717, 1.165) is 11.1 Å². The van der Waals surface area contributed by atoms with Crippen LogP contribution in [0.15, 0.2) is 6.07 Å². The summed E-state index contributed by atoms with van der Waals surface area (Å²) < 4.78 is 0. The Hall–Kier alpha value is -1.58. The van der Waals surface area contributed by atoms with Gasteiger partial charge in [-0.15, -0.1) is 0 Å². The number of benzene rings is 1. The maximum absolute atomic E-state index is 11.2. The molecule has 0 bridgehead atoms. The SMILES string of the molecule is Cc1c(C(C)(C)C)cc(O)c([N+](=O)[O-])c1C(C)(C)C. The fourth-order valence-corrected chi connectivity index (χ4v) is 2.64. The summed E-state index contributed by atoms with van der Waals surface area (Å²) in [5, 5.41) is 21.3. The summed E-state index contributed by atoms with van der Waals surface area (Å²) in [4.78, 5) is 10.8. The van der Waals surface area contributed by atoms with Crippen molar-refractivity contribution in [3.63, 3.8) is 0 Å². The predicted molar refractivity (Wildman–Crippen MR) is 76.9 cm³/mol. The van der Waals surface area contributed by atoms with Crippen LogP contribution in [0, 0.1) is 17.0 Å². The Morgan fingerprint density at radius 2 is 1.58 bits per heavy atom. The fraction of sp³-hybridized carbons (Fsp3) is 0.600. The van der Waals surface area contributed by atoms with Crippen molar-refractivity contribution in [1.82, 2.24) is 0 Å². The van der Waals surface area contributed by atoms with Crippen LogP contribution >= 0.6 is 0 Å². The molecular formula is C15H23NO3. The number of hydrogen-bond acceptors (Lipinski definition) is 3. The summed E-state index contributed by atoms with van der Waals surface area (Å²) in [7, 11) is 0. The van der Waals surface area contributed by atoms with E-state index in [4.69, 9.17) is 0 Å². The first-order chi connectivity index (χ1) is 8.37. The molecule has 0 saturated heterocycles. The molecule has 0 spiro atoms. The molecule has 0 radical (unpaired) electrons. The second-order valence-electron chi connectivity index (χ2n) is 7.05. The van der Waals surface area contributed by atoms with Gasteiger partial charge in [0.2, 0.25) is 0 Å². The van der Waals surface area contributed by atoms with Crippen LogP contribution in [0.1, 0.15) is 58.2 Å². The highest BCUT2D eigenvalue weighted by atomic mass is 16.6. The molecule has 0 amide bonds. The lowest BCUT2D eigenvalue weighted by Crippen LogP contribution is -2.21.